The van der Waals surface area contributed by atoms with Gasteiger partial charge in [0.25, 0.3) is 0 Å². The van der Waals surface area contributed by atoms with Gasteiger partial charge in [0.05, 0.1) is 0 Å². The minimum absolute atomic E-state index is 0.218. The Labute approximate surface area is 136 Å². The van der Waals surface area contributed by atoms with Gasteiger partial charge in [-0.1, -0.05) is 35.3 Å². The predicted octanol–water partition coefficient (Wildman–Crippen LogP) is 5.16. The lowest BCUT2D eigenvalue weighted by Gasteiger charge is -2.17. The molecule has 1 N–H and O–H groups in total. The summed E-state index contributed by atoms with van der Waals surface area (Å²) in [6.07, 6.45) is 0. The first kappa shape index (κ1) is 16.2. The molecule has 0 spiro atoms. The van der Waals surface area contributed by atoms with Gasteiger partial charge in [0.1, 0.15) is 12.4 Å². The van der Waals surface area contributed by atoms with Gasteiger partial charge >= 0.3 is 0 Å². The van der Waals surface area contributed by atoms with E-state index in [1.54, 1.807) is 12.1 Å². The van der Waals surface area contributed by atoms with Gasteiger partial charge in [-0.2, -0.15) is 0 Å². The molecule has 0 saturated heterocycles. The molecule has 0 bridgehead atoms. The first-order valence-electron chi connectivity index (χ1n) is 6.86. The largest absolute Gasteiger partial charge is 0.488 e. The Bertz CT molecular complexity index is 628. The van der Waals surface area contributed by atoms with Crippen molar-refractivity contribution in [2.75, 3.05) is 7.05 Å². The fourth-order valence-electron chi connectivity index (χ4n) is 2.09. The van der Waals surface area contributed by atoms with Crippen LogP contribution in [0.25, 0.3) is 0 Å². The van der Waals surface area contributed by atoms with Crippen molar-refractivity contribution in [2.24, 2.45) is 0 Å². The van der Waals surface area contributed by atoms with E-state index in [1.165, 1.54) is 0 Å². The SMILES string of the molecule is CNC(C)c1ccc(C)cc1OCc1cc(Cl)ccc1Cl. The quantitative estimate of drug-likeness (QED) is 0.820. The second-order valence-electron chi connectivity index (χ2n) is 5.08. The van der Waals surface area contributed by atoms with E-state index in [2.05, 4.69) is 24.4 Å². The van der Waals surface area contributed by atoms with Crippen molar-refractivity contribution in [1.29, 1.82) is 0 Å². The highest BCUT2D eigenvalue weighted by Gasteiger charge is 2.11. The number of hydrogen-bond acceptors (Lipinski definition) is 2. The van der Waals surface area contributed by atoms with Crippen LogP contribution in [0.5, 0.6) is 5.75 Å². The van der Waals surface area contributed by atoms with Crippen LogP contribution in [-0.4, -0.2) is 7.05 Å². The number of halogens is 2. The molecule has 0 heterocycles. The van der Waals surface area contributed by atoms with E-state index in [1.807, 2.05) is 26.1 Å². The second-order valence-corrected chi connectivity index (χ2v) is 5.92. The van der Waals surface area contributed by atoms with Crippen molar-refractivity contribution in [3.8, 4) is 5.75 Å². The average molecular weight is 324 g/mol. The zero-order valence-corrected chi connectivity index (χ0v) is 13.9. The molecule has 2 rings (SSSR count). The first-order valence-corrected chi connectivity index (χ1v) is 7.61. The molecule has 112 valence electrons. The molecule has 1 atom stereocenters. The lowest BCUT2D eigenvalue weighted by Crippen LogP contribution is -2.14. The Hall–Kier alpha value is -1.22. The molecule has 21 heavy (non-hydrogen) atoms. The van der Waals surface area contributed by atoms with Gasteiger partial charge in [-0.3, -0.25) is 0 Å². The Morgan fingerprint density at radius 3 is 2.62 bits per heavy atom. The van der Waals surface area contributed by atoms with Crippen LogP contribution in [0, 0.1) is 6.92 Å². The third-order valence-corrected chi connectivity index (χ3v) is 4.06. The molecule has 0 aliphatic rings. The molecule has 0 aliphatic carbocycles. The molecular weight excluding hydrogens is 305 g/mol. The number of benzene rings is 2. The highest BCUT2D eigenvalue weighted by molar-refractivity contribution is 6.33. The number of aryl methyl sites for hydroxylation is 1. The highest BCUT2D eigenvalue weighted by atomic mass is 35.5. The van der Waals surface area contributed by atoms with Gasteiger partial charge < -0.3 is 10.1 Å². The third kappa shape index (κ3) is 4.13. The average Bonchev–Trinajstić information content (AvgIpc) is 2.47. The van der Waals surface area contributed by atoms with E-state index < -0.39 is 0 Å². The molecule has 2 aromatic carbocycles. The summed E-state index contributed by atoms with van der Waals surface area (Å²) in [5.74, 6) is 0.868. The topological polar surface area (TPSA) is 21.3 Å². The van der Waals surface area contributed by atoms with Crippen LogP contribution in [0.3, 0.4) is 0 Å². The van der Waals surface area contributed by atoms with Crippen molar-refractivity contribution in [2.45, 2.75) is 26.5 Å². The van der Waals surface area contributed by atoms with Crippen LogP contribution in [0.1, 0.15) is 29.7 Å². The minimum atomic E-state index is 0.218. The van der Waals surface area contributed by atoms with Gasteiger partial charge in [-0.25, -0.2) is 0 Å². The molecule has 4 heteroatoms. The molecule has 0 aromatic heterocycles. The summed E-state index contributed by atoms with van der Waals surface area (Å²) in [6.45, 7) is 4.54. The van der Waals surface area contributed by atoms with Gasteiger partial charge in [-0.05, 0) is 50.7 Å². The maximum absolute atomic E-state index is 6.17. The number of rotatable bonds is 5. The fraction of sp³-hybridized carbons (Fsp3) is 0.294. The van der Waals surface area contributed by atoms with Crippen LogP contribution in [0.4, 0.5) is 0 Å². The Morgan fingerprint density at radius 1 is 1.14 bits per heavy atom. The molecule has 0 saturated carbocycles. The number of hydrogen-bond donors (Lipinski definition) is 1. The van der Waals surface area contributed by atoms with Gasteiger partial charge in [0.2, 0.25) is 0 Å². The summed E-state index contributed by atoms with van der Waals surface area (Å²) in [7, 11) is 1.93. The molecule has 0 radical (unpaired) electrons. The van der Waals surface area contributed by atoms with Crippen LogP contribution < -0.4 is 10.1 Å². The van der Waals surface area contributed by atoms with Gasteiger partial charge in [-0.15, -0.1) is 0 Å². The van der Waals surface area contributed by atoms with Crippen molar-refractivity contribution >= 4 is 23.2 Å². The summed E-state index contributed by atoms with van der Waals surface area (Å²) in [4.78, 5) is 0. The smallest absolute Gasteiger partial charge is 0.124 e. The van der Waals surface area contributed by atoms with Crippen molar-refractivity contribution in [3.05, 3.63) is 63.1 Å². The molecule has 1 unspecified atom stereocenters. The summed E-state index contributed by atoms with van der Waals surface area (Å²) in [5.41, 5.74) is 3.17. The van der Waals surface area contributed by atoms with Crippen molar-refractivity contribution in [3.63, 3.8) is 0 Å². The summed E-state index contributed by atoms with van der Waals surface area (Å²) in [5, 5.41) is 4.55. The first-order chi connectivity index (χ1) is 10.0. The van der Waals surface area contributed by atoms with Crippen LogP contribution in [0.15, 0.2) is 36.4 Å². The van der Waals surface area contributed by atoms with E-state index in [9.17, 15) is 0 Å². The van der Waals surface area contributed by atoms with E-state index in [-0.39, 0.29) is 6.04 Å². The van der Waals surface area contributed by atoms with E-state index in [4.69, 9.17) is 27.9 Å². The van der Waals surface area contributed by atoms with Crippen molar-refractivity contribution in [1.82, 2.24) is 5.32 Å². The molecule has 0 fully saturated rings. The zero-order valence-electron chi connectivity index (χ0n) is 12.4. The highest BCUT2D eigenvalue weighted by Crippen LogP contribution is 2.28. The van der Waals surface area contributed by atoms with Crippen LogP contribution in [0.2, 0.25) is 10.0 Å². The molecule has 2 nitrogen and oxygen atoms in total. The van der Waals surface area contributed by atoms with Crippen LogP contribution >= 0.6 is 23.2 Å². The maximum atomic E-state index is 6.17. The second kappa shape index (κ2) is 7.17. The molecule has 0 aliphatic heterocycles. The van der Waals surface area contributed by atoms with E-state index in [0.717, 1.165) is 22.4 Å². The number of nitrogens with one attached hydrogen (secondary N) is 1. The Morgan fingerprint density at radius 2 is 1.90 bits per heavy atom. The zero-order chi connectivity index (χ0) is 15.4. The summed E-state index contributed by atoms with van der Waals surface area (Å²) < 4.78 is 5.98. The maximum Gasteiger partial charge on any atom is 0.124 e. The van der Waals surface area contributed by atoms with E-state index in [0.29, 0.717) is 16.7 Å². The van der Waals surface area contributed by atoms with E-state index >= 15 is 0 Å². The Kier molecular flexibility index (Phi) is 5.51. The number of ether oxygens (including phenoxy) is 1. The molecular formula is C17H19Cl2NO. The lowest BCUT2D eigenvalue weighted by atomic mass is 10.1. The summed E-state index contributed by atoms with van der Waals surface area (Å²) in [6, 6.07) is 11.8. The Balaban J connectivity index is 2.23. The third-order valence-electron chi connectivity index (χ3n) is 3.46. The normalized spacial score (nSPS) is 12.2. The summed E-state index contributed by atoms with van der Waals surface area (Å²) >= 11 is 12.2. The lowest BCUT2D eigenvalue weighted by molar-refractivity contribution is 0.300. The molecule has 2 aromatic rings. The van der Waals surface area contributed by atoms with Gasteiger partial charge in [0, 0.05) is 27.2 Å². The standard InChI is InChI=1S/C17H19Cl2NO/c1-11-4-6-15(12(2)20-3)17(8-11)21-10-13-9-14(18)5-7-16(13)19/h4-9,12,20H,10H2,1-3H3. The monoisotopic (exact) mass is 323 g/mol. The molecule has 0 amide bonds. The predicted molar refractivity (Wildman–Crippen MR) is 89.4 cm³/mol. The minimum Gasteiger partial charge on any atom is -0.488 e. The van der Waals surface area contributed by atoms with Crippen molar-refractivity contribution < 1.29 is 4.74 Å². The van der Waals surface area contributed by atoms with Gasteiger partial charge in [0.15, 0.2) is 0 Å². The van der Waals surface area contributed by atoms with Crippen LogP contribution in [-0.2, 0) is 6.61 Å². The fourth-order valence-corrected chi connectivity index (χ4v) is 2.46.